The van der Waals surface area contributed by atoms with Crippen LogP contribution >= 0.6 is 0 Å². The Morgan fingerprint density at radius 2 is 1.93 bits per heavy atom. The minimum Gasteiger partial charge on any atom is -0.462 e. The van der Waals surface area contributed by atoms with Gasteiger partial charge in [0.2, 0.25) is 17.9 Å². The quantitative estimate of drug-likeness (QED) is 0.359. The van der Waals surface area contributed by atoms with Gasteiger partial charge in [0.25, 0.3) is 0 Å². The second kappa shape index (κ2) is 13.7. The van der Waals surface area contributed by atoms with Crippen molar-refractivity contribution < 1.29 is 28.7 Å². The fourth-order valence-electron chi connectivity index (χ4n) is 6.09. The Morgan fingerprint density at radius 1 is 1.17 bits per heavy atom. The molecule has 0 saturated carbocycles. The highest BCUT2D eigenvalue weighted by Gasteiger charge is 2.47. The first-order valence-corrected chi connectivity index (χ1v) is 15.3. The lowest BCUT2D eigenvalue weighted by Crippen LogP contribution is -2.56. The number of allylic oxidation sites excluding steroid dienone is 1. The summed E-state index contributed by atoms with van der Waals surface area (Å²) in [6, 6.07) is 6.03. The standard InChI is InChI=1S/C32H46N4O6/c1-6-10-24(20(2)33-5)35-25-14-8-7-13-23-15-16-26(36(23)29(25)38)28(37)34-18-21-11-9-12-22(17-21)30(39)42-27-31(40)41-19-32(27,3)4/h9-12,17,20,23,25-27,33,35H,6-8,13-16,18-19H2,1-5H3,(H,34,37)/b24-10+. The highest BCUT2D eigenvalue weighted by Crippen LogP contribution is 2.33. The van der Waals surface area contributed by atoms with E-state index in [9.17, 15) is 19.2 Å². The maximum absolute atomic E-state index is 13.9. The van der Waals surface area contributed by atoms with Crippen molar-refractivity contribution in [1.82, 2.24) is 20.9 Å². The maximum Gasteiger partial charge on any atom is 0.348 e. The van der Waals surface area contributed by atoms with Gasteiger partial charge in [0, 0.05) is 29.7 Å². The fourth-order valence-corrected chi connectivity index (χ4v) is 6.09. The van der Waals surface area contributed by atoms with Crippen LogP contribution in [-0.2, 0) is 30.4 Å². The maximum atomic E-state index is 13.9. The summed E-state index contributed by atoms with van der Waals surface area (Å²) in [5.74, 6) is -1.37. The van der Waals surface area contributed by atoms with E-state index in [1.165, 1.54) is 0 Å². The highest BCUT2D eigenvalue weighted by atomic mass is 16.6. The zero-order valence-electron chi connectivity index (χ0n) is 25.5. The highest BCUT2D eigenvalue weighted by molar-refractivity contribution is 5.93. The van der Waals surface area contributed by atoms with Crippen molar-refractivity contribution in [3.63, 3.8) is 0 Å². The van der Waals surface area contributed by atoms with Crippen molar-refractivity contribution in [3.8, 4) is 0 Å². The summed E-state index contributed by atoms with van der Waals surface area (Å²) in [4.78, 5) is 54.1. The number of cyclic esters (lactones) is 1. The average molecular weight is 583 g/mol. The van der Waals surface area contributed by atoms with Crippen LogP contribution in [0.5, 0.6) is 0 Å². The molecule has 3 N–H and O–H groups in total. The van der Waals surface area contributed by atoms with E-state index in [2.05, 4.69) is 35.9 Å². The number of hydrogen-bond acceptors (Lipinski definition) is 8. The Balaban J connectivity index is 1.41. The van der Waals surface area contributed by atoms with Crippen LogP contribution in [0.25, 0.3) is 0 Å². The molecule has 5 unspecified atom stereocenters. The van der Waals surface area contributed by atoms with Gasteiger partial charge in [-0.3, -0.25) is 9.59 Å². The normalized spacial score (nSPS) is 26.5. The number of nitrogens with one attached hydrogen (secondary N) is 3. The van der Waals surface area contributed by atoms with Gasteiger partial charge in [-0.05, 0) is 63.8 Å². The summed E-state index contributed by atoms with van der Waals surface area (Å²) >= 11 is 0. The number of fused-ring (bicyclic) bond motifs is 1. The second-order valence-electron chi connectivity index (χ2n) is 12.4. The molecule has 4 rings (SSSR count). The van der Waals surface area contributed by atoms with Gasteiger partial charge in [-0.1, -0.05) is 51.8 Å². The Bertz CT molecular complexity index is 1200. The molecule has 1 aromatic rings. The SMILES string of the molecule is CC/C=C(/NC1CCCCC2CCC(C(=O)NCc3cccc(C(=O)OC4C(=O)OCC4(C)C)c3)N2C1=O)C(C)NC. The largest absolute Gasteiger partial charge is 0.462 e. The third-order valence-electron chi connectivity index (χ3n) is 8.67. The van der Waals surface area contributed by atoms with Gasteiger partial charge >= 0.3 is 11.9 Å². The van der Waals surface area contributed by atoms with Crippen LogP contribution in [0.3, 0.4) is 0 Å². The van der Waals surface area contributed by atoms with Crippen molar-refractivity contribution in [1.29, 1.82) is 0 Å². The number of hydrogen-bond donors (Lipinski definition) is 3. The Labute approximate surface area is 248 Å². The van der Waals surface area contributed by atoms with Crippen LogP contribution in [0.1, 0.15) is 88.6 Å². The number of benzene rings is 1. The molecule has 1 aromatic carbocycles. The van der Waals surface area contributed by atoms with Gasteiger partial charge < -0.3 is 30.3 Å². The molecular weight excluding hydrogens is 536 g/mol. The van der Waals surface area contributed by atoms with Crippen molar-refractivity contribution in [2.45, 2.75) is 109 Å². The molecule has 10 heteroatoms. The molecule has 10 nitrogen and oxygen atoms in total. The summed E-state index contributed by atoms with van der Waals surface area (Å²) < 4.78 is 10.6. The fraction of sp³-hybridized carbons (Fsp3) is 0.625. The smallest absolute Gasteiger partial charge is 0.348 e. The molecule has 0 aromatic heterocycles. The van der Waals surface area contributed by atoms with Crippen molar-refractivity contribution >= 4 is 23.8 Å². The molecule has 0 bridgehead atoms. The lowest BCUT2D eigenvalue weighted by molar-refractivity contribution is -0.145. The number of ether oxygens (including phenoxy) is 2. The molecule has 42 heavy (non-hydrogen) atoms. The molecule has 3 saturated heterocycles. The Kier molecular flexibility index (Phi) is 10.3. The zero-order chi connectivity index (χ0) is 30.4. The van der Waals surface area contributed by atoms with Crippen LogP contribution in [0, 0.1) is 5.41 Å². The van der Waals surface area contributed by atoms with Crippen LogP contribution in [0.2, 0.25) is 0 Å². The van der Waals surface area contributed by atoms with E-state index < -0.39 is 29.5 Å². The van der Waals surface area contributed by atoms with Gasteiger partial charge in [-0.2, -0.15) is 0 Å². The van der Waals surface area contributed by atoms with Crippen molar-refractivity contribution in [2.24, 2.45) is 5.41 Å². The minimum atomic E-state index is -0.965. The molecule has 2 amide bonds. The zero-order valence-corrected chi connectivity index (χ0v) is 25.5. The summed E-state index contributed by atoms with van der Waals surface area (Å²) in [5, 5.41) is 9.75. The number of carbonyl (C=O) groups is 4. The monoisotopic (exact) mass is 582 g/mol. The van der Waals surface area contributed by atoms with E-state index in [0.29, 0.717) is 6.42 Å². The number of amides is 2. The predicted molar refractivity (Wildman–Crippen MR) is 158 cm³/mol. The van der Waals surface area contributed by atoms with Gasteiger partial charge in [-0.25, -0.2) is 9.59 Å². The van der Waals surface area contributed by atoms with E-state index in [-0.39, 0.29) is 48.7 Å². The number of rotatable bonds is 10. The lowest BCUT2D eigenvalue weighted by Gasteiger charge is -2.36. The van der Waals surface area contributed by atoms with Crippen molar-refractivity contribution in [2.75, 3.05) is 13.7 Å². The van der Waals surface area contributed by atoms with E-state index in [4.69, 9.17) is 9.47 Å². The molecule has 3 aliphatic rings. The third kappa shape index (κ3) is 7.14. The first kappa shape index (κ1) is 31.5. The number of esters is 2. The lowest BCUT2D eigenvalue weighted by atomic mass is 9.90. The third-order valence-corrected chi connectivity index (χ3v) is 8.67. The summed E-state index contributed by atoms with van der Waals surface area (Å²) in [6.45, 7) is 8.16. The molecule has 5 atom stereocenters. The predicted octanol–water partition coefficient (Wildman–Crippen LogP) is 3.20. The average Bonchev–Trinajstić information content (AvgIpc) is 3.50. The molecule has 3 heterocycles. The molecule has 3 aliphatic heterocycles. The number of nitrogens with zero attached hydrogens (tertiary/aromatic N) is 1. The molecule has 0 spiro atoms. The minimum absolute atomic E-state index is 0.0132. The van der Waals surface area contributed by atoms with E-state index in [1.54, 1.807) is 18.2 Å². The molecule has 0 aliphatic carbocycles. The van der Waals surface area contributed by atoms with Gasteiger partial charge in [0.1, 0.15) is 18.7 Å². The summed E-state index contributed by atoms with van der Waals surface area (Å²) in [7, 11) is 1.90. The summed E-state index contributed by atoms with van der Waals surface area (Å²) in [5.41, 5.74) is 1.41. The Hall–Kier alpha value is -3.40. The van der Waals surface area contributed by atoms with Gasteiger partial charge in [0.15, 0.2) is 0 Å². The number of carbonyl (C=O) groups excluding carboxylic acids is 4. The number of likely N-dealkylation sites (N-methyl/N-ethyl adjacent to an activating group) is 1. The molecular formula is C32H46N4O6. The van der Waals surface area contributed by atoms with E-state index >= 15 is 0 Å². The second-order valence-corrected chi connectivity index (χ2v) is 12.4. The van der Waals surface area contributed by atoms with E-state index in [1.807, 2.05) is 31.9 Å². The molecule has 3 fully saturated rings. The summed E-state index contributed by atoms with van der Waals surface area (Å²) in [6.07, 6.45) is 7.06. The van der Waals surface area contributed by atoms with Crippen LogP contribution < -0.4 is 16.0 Å². The first-order chi connectivity index (χ1) is 20.1. The first-order valence-electron chi connectivity index (χ1n) is 15.3. The van der Waals surface area contributed by atoms with Crippen LogP contribution in [0.4, 0.5) is 0 Å². The Morgan fingerprint density at radius 3 is 2.62 bits per heavy atom. The molecule has 230 valence electrons. The van der Waals surface area contributed by atoms with Gasteiger partial charge in [-0.15, -0.1) is 0 Å². The van der Waals surface area contributed by atoms with Crippen molar-refractivity contribution in [3.05, 3.63) is 47.2 Å². The van der Waals surface area contributed by atoms with Crippen LogP contribution in [-0.4, -0.2) is 72.6 Å². The van der Waals surface area contributed by atoms with Crippen LogP contribution in [0.15, 0.2) is 36.0 Å². The molecule has 0 radical (unpaired) electrons. The van der Waals surface area contributed by atoms with E-state index in [0.717, 1.165) is 49.8 Å². The van der Waals surface area contributed by atoms with Gasteiger partial charge in [0.05, 0.1) is 5.56 Å². The topological polar surface area (TPSA) is 126 Å².